The molecule has 0 saturated heterocycles. The van der Waals surface area contributed by atoms with Gasteiger partial charge in [-0.1, -0.05) is 31.0 Å². The molecular formula is C15H21ClN2O. The zero-order valence-corrected chi connectivity index (χ0v) is 12.1. The van der Waals surface area contributed by atoms with Crippen molar-refractivity contribution in [2.45, 2.75) is 31.1 Å². The van der Waals surface area contributed by atoms with E-state index in [2.05, 4.69) is 23.5 Å². The summed E-state index contributed by atoms with van der Waals surface area (Å²) in [4.78, 5) is 14.2. The molecule has 1 aromatic rings. The molecule has 4 heteroatoms. The molecule has 1 amide bonds. The van der Waals surface area contributed by atoms with Crippen LogP contribution in [-0.2, 0) is 10.2 Å². The SMILES string of the molecule is CNCC(=O)N1CC2(CCCC2)c2ccccc21.Cl. The molecule has 1 aliphatic carbocycles. The number of nitrogens with one attached hydrogen (secondary N) is 1. The summed E-state index contributed by atoms with van der Waals surface area (Å²) >= 11 is 0. The number of likely N-dealkylation sites (N-methyl/N-ethyl adjacent to an activating group) is 1. The highest BCUT2D eigenvalue weighted by Crippen LogP contribution is 2.50. The fourth-order valence-corrected chi connectivity index (χ4v) is 3.58. The van der Waals surface area contributed by atoms with Crippen LogP contribution < -0.4 is 10.2 Å². The minimum Gasteiger partial charge on any atom is -0.311 e. The molecule has 3 rings (SSSR count). The summed E-state index contributed by atoms with van der Waals surface area (Å²) in [7, 11) is 1.82. The second-order valence-corrected chi connectivity index (χ2v) is 5.51. The van der Waals surface area contributed by atoms with E-state index in [0.29, 0.717) is 6.54 Å². The molecule has 19 heavy (non-hydrogen) atoms. The number of fused-ring (bicyclic) bond motifs is 2. The molecular weight excluding hydrogens is 260 g/mol. The summed E-state index contributed by atoms with van der Waals surface area (Å²) in [5.41, 5.74) is 2.78. The lowest BCUT2D eigenvalue weighted by Gasteiger charge is -2.24. The van der Waals surface area contributed by atoms with E-state index < -0.39 is 0 Å². The molecule has 104 valence electrons. The van der Waals surface area contributed by atoms with E-state index in [9.17, 15) is 4.79 Å². The van der Waals surface area contributed by atoms with Crippen LogP contribution in [-0.4, -0.2) is 26.0 Å². The Hall–Kier alpha value is -1.06. The first-order valence-electron chi connectivity index (χ1n) is 6.81. The molecule has 1 fully saturated rings. The summed E-state index contributed by atoms with van der Waals surface area (Å²) in [6.45, 7) is 1.30. The van der Waals surface area contributed by atoms with E-state index in [0.717, 1.165) is 12.2 Å². The number of para-hydroxylation sites is 1. The maximum absolute atomic E-state index is 12.2. The van der Waals surface area contributed by atoms with Crippen LogP contribution >= 0.6 is 12.4 Å². The Bertz CT molecular complexity index is 469. The summed E-state index contributed by atoms with van der Waals surface area (Å²) in [5.74, 6) is 0.189. The molecule has 1 aromatic carbocycles. The number of hydrogen-bond donors (Lipinski definition) is 1. The van der Waals surface area contributed by atoms with Crippen molar-refractivity contribution >= 4 is 24.0 Å². The number of halogens is 1. The van der Waals surface area contributed by atoms with Crippen molar-refractivity contribution in [3.05, 3.63) is 29.8 Å². The summed E-state index contributed by atoms with van der Waals surface area (Å²) in [6.07, 6.45) is 5.05. The average molecular weight is 281 g/mol. The molecule has 1 spiro atoms. The van der Waals surface area contributed by atoms with Gasteiger partial charge in [-0.05, 0) is 31.5 Å². The Morgan fingerprint density at radius 3 is 2.68 bits per heavy atom. The molecule has 0 aromatic heterocycles. The van der Waals surface area contributed by atoms with Crippen LogP contribution in [0.3, 0.4) is 0 Å². The van der Waals surface area contributed by atoms with Crippen LogP contribution in [0.1, 0.15) is 31.2 Å². The van der Waals surface area contributed by atoms with E-state index in [1.807, 2.05) is 18.0 Å². The maximum atomic E-state index is 12.2. The van der Waals surface area contributed by atoms with E-state index >= 15 is 0 Å². The predicted molar refractivity (Wildman–Crippen MR) is 80.1 cm³/mol. The van der Waals surface area contributed by atoms with Gasteiger partial charge in [-0.2, -0.15) is 0 Å². The van der Waals surface area contributed by atoms with E-state index in [1.165, 1.54) is 31.2 Å². The summed E-state index contributed by atoms with van der Waals surface area (Å²) in [5, 5.41) is 2.96. The highest BCUT2D eigenvalue weighted by atomic mass is 35.5. The molecule has 1 N–H and O–H groups in total. The predicted octanol–water partition coefficient (Wildman–Crippen LogP) is 2.49. The average Bonchev–Trinajstić information content (AvgIpc) is 2.98. The Morgan fingerprint density at radius 2 is 2.00 bits per heavy atom. The van der Waals surface area contributed by atoms with Gasteiger partial charge in [0.25, 0.3) is 0 Å². The number of benzene rings is 1. The third-order valence-corrected chi connectivity index (χ3v) is 4.42. The second kappa shape index (κ2) is 5.51. The topological polar surface area (TPSA) is 32.3 Å². The van der Waals surface area contributed by atoms with Crippen molar-refractivity contribution in [2.24, 2.45) is 0 Å². The van der Waals surface area contributed by atoms with Gasteiger partial charge in [0, 0.05) is 17.6 Å². The lowest BCUT2D eigenvalue weighted by Crippen LogP contribution is -2.39. The van der Waals surface area contributed by atoms with Crippen molar-refractivity contribution in [3.63, 3.8) is 0 Å². The fraction of sp³-hybridized carbons (Fsp3) is 0.533. The zero-order chi connectivity index (χ0) is 12.6. The molecule has 0 bridgehead atoms. The Morgan fingerprint density at radius 1 is 1.32 bits per heavy atom. The first kappa shape index (κ1) is 14.4. The zero-order valence-electron chi connectivity index (χ0n) is 11.3. The van der Waals surface area contributed by atoms with Gasteiger partial charge in [-0.15, -0.1) is 12.4 Å². The molecule has 0 unspecified atom stereocenters. The van der Waals surface area contributed by atoms with Crippen molar-refractivity contribution < 1.29 is 4.79 Å². The van der Waals surface area contributed by atoms with Gasteiger partial charge in [0.2, 0.25) is 5.91 Å². The molecule has 0 atom stereocenters. The second-order valence-electron chi connectivity index (χ2n) is 5.51. The largest absolute Gasteiger partial charge is 0.311 e. The number of nitrogens with zero attached hydrogens (tertiary/aromatic N) is 1. The van der Waals surface area contributed by atoms with E-state index in [1.54, 1.807) is 0 Å². The van der Waals surface area contributed by atoms with Gasteiger partial charge >= 0.3 is 0 Å². The lowest BCUT2D eigenvalue weighted by atomic mass is 9.81. The summed E-state index contributed by atoms with van der Waals surface area (Å²) in [6, 6.07) is 8.45. The maximum Gasteiger partial charge on any atom is 0.240 e. The number of hydrogen-bond acceptors (Lipinski definition) is 2. The van der Waals surface area contributed by atoms with Gasteiger partial charge in [0.05, 0.1) is 6.54 Å². The highest BCUT2D eigenvalue weighted by molar-refractivity contribution is 5.97. The molecule has 1 aliphatic heterocycles. The van der Waals surface area contributed by atoms with Crippen molar-refractivity contribution in [1.29, 1.82) is 0 Å². The number of carbonyl (C=O) groups is 1. The monoisotopic (exact) mass is 280 g/mol. The molecule has 1 heterocycles. The van der Waals surface area contributed by atoms with Crippen LogP contribution in [0.4, 0.5) is 5.69 Å². The Kier molecular flexibility index (Phi) is 4.16. The van der Waals surface area contributed by atoms with Gasteiger partial charge in [-0.25, -0.2) is 0 Å². The molecule has 3 nitrogen and oxygen atoms in total. The van der Waals surface area contributed by atoms with Crippen molar-refractivity contribution in [1.82, 2.24) is 5.32 Å². The van der Waals surface area contributed by atoms with Gasteiger partial charge < -0.3 is 10.2 Å². The van der Waals surface area contributed by atoms with Crippen LogP contribution in [0.25, 0.3) is 0 Å². The lowest BCUT2D eigenvalue weighted by molar-refractivity contribution is -0.117. The fourth-order valence-electron chi connectivity index (χ4n) is 3.58. The third-order valence-electron chi connectivity index (χ3n) is 4.42. The standard InChI is InChI=1S/C15H20N2O.ClH/c1-16-10-14(18)17-11-15(8-4-5-9-15)12-6-2-3-7-13(12)17;/h2-3,6-7,16H,4-5,8-11H2,1H3;1H. The first-order valence-corrected chi connectivity index (χ1v) is 6.81. The smallest absolute Gasteiger partial charge is 0.240 e. The first-order chi connectivity index (χ1) is 8.77. The molecule has 1 saturated carbocycles. The van der Waals surface area contributed by atoms with Crippen LogP contribution in [0, 0.1) is 0 Å². The third kappa shape index (κ3) is 2.26. The minimum atomic E-state index is 0. The van der Waals surface area contributed by atoms with E-state index in [-0.39, 0.29) is 23.7 Å². The summed E-state index contributed by atoms with van der Waals surface area (Å²) < 4.78 is 0. The molecule has 2 aliphatic rings. The number of anilines is 1. The van der Waals surface area contributed by atoms with Crippen LogP contribution in [0.15, 0.2) is 24.3 Å². The van der Waals surface area contributed by atoms with Crippen LogP contribution in [0.2, 0.25) is 0 Å². The Labute approximate surface area is 120 Å². The normalized spacial score (nSPS) is 19.3. The number of amides is 1. The number of rotatable bonds is 2. The Balaban J connectivity index is 0.00000133. The van der Waals surface area contributed by atoms with Gasteiger partial charge in [-0.3, -0.25) is 4.79 Å². The van der Waals surface area contributed by atoms with Crippen LogP contribution in [0.5, 0.6) is 0 Å². The van der Waals surface area contributed by atoms with Crippen molar-refractivity contribution in [3.8, 4) is 0 Å². The quantitative estimate of drug-likeness (QED) is 0.903. The van der Waals surface area contributed by atoms with Crippen molar-refractivity contribution in [2.75, 3.05) is 25.0 Å². The van der Waals surface area contributed by atoms with Gasteiger partial charge in [0.15, 0.2) is 0 Å². The van der Waals surface area contributed by atoms with Gasteiger partial charge in [0.1, 0.15) is 0 Å². The van der Waals surface area contributed by atoms with E-state index in [4.69, 9.17) is 0 Å². The minimum absolute atomic E-state index is 0. The number of carbonyl (C=O) groups excluding carboxylic acids is 1. The highest BCUT2D eigenvalue weighted by Gasteiger charge is 2.45. The molecule has 0 radical (unpaired) electrons.